The Morgan fingerprint density at radius 1 is 1.30 bits per heavy atom. The molecule has 2 aromatic carbocycles. The molecule has 0 atom stereocenters. The molecule has 0 spiro atoms. The van der Waals surface area contributed by atoms with Crippen LogP contribution in [0.1, 0.15) is 5.56 Å². The minimum absolute atomic E-state index is 0.129. The predicted molar refractivity (Wildman–Crippen MR) is 110 cm³/mol. The number of carbonyl (C=O) groups excluding carboxylic acids is 1. The standard InChI is InChI=1S/C19H16ClFN2O2S2/c1-25-17-7-4-13(8-15(17)20)16-10-27-19(22-16)23-18(24)11-26-9-12-2-5-14(21)6-3-12/h2-8,10H,9,11H2,1H3,(H,22,23,24). The zero-order valence-corrected chi connectivity index (χ0v) is 16.8. The van der Waals surface area contributed by atoms with Gasteiger partial charge in [0.1, 0.15) is 11.6 Å². The first-order valence-electron chi connectivity index (χ1n) is 7.96. The number of nitrogens with one attached hydrogen (secondary N) is 1. The Bertz CT molecular complexity index is 932. The molecule has 0 saturated carbocycles. The summed E-state index contributed by atoms with van der Waals surface area (Å²) >= 11 is 8.96. The van der Waals surface area contributed by atoms with Gasteiger partial charge in [-0.1, -0.05) is 23.7 Å². The van der Waals surface area contributed by atoms with E-state index in [4.69, 9.17) is 16.3 Å². The summed E-state index contributed by atoms with van der Waals surface area (Å²) in [7, 11) is 1.56. The first kappa shape index (κ1) is 19.7. The summed E-state index contributed by atoms with van der Waals surface area (Å²) in [5.41, 5.74) is 2.56. The van der Waals surface area contributed by atoms with Gasteiger partial charge in [0.25, 0.3) is 0 Å². The van der Waals surface area contributed by atoms with Gasteiger partial charge in [0.15, 0.2) is 5.13 Å². The van der Waals surface area contributed by atoms with Crippen LogP contribution in [0.5, 0.6) is 5.75 Å². The van der Waals surface area contributed by atoms with Gasteiger partial charge in [0, 0.05) is 16.7 Å². The molecule has 140 valence electrons. The van der Waals surface area contributed by atoms with Crippen LogP contribution in [0.4, 0.5) is 9.52 Å². The van der Waals surface area contributed by atoms with Gasteiger partial charge in [-0.15, -0.1) is 23.1 Å². The molecule has 0 bridgehead atoms. The average Bonchev–Trinajstić information content (AvgIpc) is 3.11. The molecule has 27 heavy (non-hydrogen) atoms. The molecular weight excluding hydrogens is 407 g/mol. The average molecular weight is 423 g/mol. The van der Waals surface area contributed by atoms with E-state index in [0.717, 1.165) is 16.8 Å². The molecule has 1 heterocycles. The number of carbonyl (C=O) groups is 1. The Labute approximate surface area is 169 Å². The summed E-state index contributed by atoms with van der Waals surface area (Å²) in [5, 5.41) is 5.69. The van der Waals surface area contributed by atoms with Gasteiger partial charge in [-0.25, -0.2) is 9.37 Å². The first-order valence-corrected chi connectivity index (χ1v) is 10.4. The van der Waals surface area contributed by atoms with Crippen molar-refractivity contribution in [2.45, 2.75) is 5.75 Å². The molecular formula is C19H16ClFN2O2S2. The number of thiazole rings is 1. The van der Waals surface area contributed by atoms with E-state index in [1.165, 1.54) is 35.2 Å². The monoisotopic (exact) mass is 422 g/mol. The summed E-state index contributed by atoms with van der Waals surface area (Å²) in [6, 6.07) is 11.7. The summed E-state index contributed by atoms with van der Waals surface area (Å²) < 4.78 is 18.0. The van der Waals surface area contributed by atoms with E-state index in [2.05, 4.69) is 10.3 Å². The summed E-state index contributed by atoms with van der Waals surface area (Å²) in [5.74, 6) is 1.14. The van der Waals surface area contributed by atoms with E-state index in [1.54, 1.807) is 31.4 Å². The van der Waals surface area contributed by atoms with Crippen molar-refractivity contribution in [2.24, 2.45) is 0 Å². The highest BCUT2D eigenvalue weighted by molar-refractivity contribution is 7.99. The van der Waals surface area contributed by atoms with Crippen LogP contribution in [0.3, 0.4) is 0 Å². The van der Waals surface area contributed by atoms with E-state index < -0.39 is 0 Å². The molecule has 1 N–H and O–H groups in total. The highest BCUT2D eigenvalue weighted by atomic mass is 35.5. The number of rotatable bonds is 7. The number of amides is 1. The van der Waals surface area contributed by atoms with Crippen LogP contribution >= 0.6 is 34.7 Å². The van der Waals surface area contributed by atoms with Crippen LogP contribution < -0.4 is 10.1 Å². The van der Waals surface area contributed by atoms with Crippen molar-refractivity contribution < 1.29 is 13.9 Å². The minimum Gasteiger partial charge on any atom is -0.495 e. The van der Waals surface area contributed by atoms with Crippen LogP contribution in [-0.4, -0.2) is 23.8 Å². The van der Waals surface area contributed by atoms with Gasteiger partial charge >= 0.3 is 0 Å². The zero-order chi connectivity index (χ0) is 19.2. The van der Waals surface area contributed by atoms with Crippen LogP contribution in [-0.2, 0) is 10.5 Å². The predicted octanol–water partition coefficient (Wildman–Crippen LogP) is 5.48. The van der Waals surface area contributed by atoms with Gasteiger partial charge in [-0.2, -0.15) is 0 Å². The third kappa shape index (κ3) is 5.45. The zero-order valence-electron chi connectivity index (χ0n) is 14.4. The fourth-order valence-electron chi connectivity index (χ4n) is 2.29. The van der Waals surface area contributed by atoms with E-state index in [0.29, 0.717) is 27.4 Å². The second-order valence-corrected chi connectivity index (χ2v) is 7.81. The second-order valence-electron chi connectivity index (χ2n) is 5.55. The van der Waals surface area contributed by atoms with Crippen molar-refractivity contribution >= 4 is 45.7 Å². The molecule has 3 rings (SSSR count). The smallest absolute Gasteiger partial charge is 0.236 e. The molecule has 0 aliphatic rings. The Hall–Kier alpha value is -2.09. The largest absolute Gasteiger partial charge is 0.495 e. The summed E-state index contributed by atoms with van der Waals surface area (Å²) in [4.78, 5) is 16.5. The van der Waals surface area contributed by atoms with E-state index in [1.807, 2.05) is 11.4 Å². The molecule has 8 heteroatoms. The second kappa shape index (κ2) is 9.21. The number of aromatic nitrogens is 1. The molecule has 3 aromatic rings. The number of nitrogens with zero attached hydrogens (tertiary/aromatic N) is 1. The van der Waals surface area contributed by atoms with Crippen molar-refractivity contribution in [3.05, 3.63) is 64.2 Å². The lowest BCUT2D eigenvalue weighted by molar-refractivity contribution is -0.113. The molecule has 1 amide bonds. The highest BCUT2D eigenvalue weighted by Gasteiger charge is 2.10. The van der Waals surface area contributed by atoms with Crippen molar-refractivity contribution in [1.29, 1.82) is 0 Å². The Morgan fingerprint density at radius 2 is 2.07 bits per heavy atom. The third-order valence-electron chi connectivity index (χ3n) is 3.61. The van der Waals surface area contributed by atoms with Gasteiger partial charge < -0.3 is 10.1 Å². The van der Waals surface area contributed by atoms with Crippen LogP contribution in [0.15, 0.2) is 47.8 Å². The highest BCUT2D eigenvalue weighted by Crippen LogP contribution is 2.31. The maximum atomic E-state index is 12.9. The van der Waals surface area contributed by atoms with E-state index >= 15 is 0 Å². The molecule has 0 fully saturated rings. The van der Waals surface area contributed by atoms with Crippen molar-refractivity contribution in [1.82, 2.24) is 4.98 Å². The van der Waals surface area contributed by atoms with Gasteiger partial charge in [-0.3, -0.25) is 4.79 Å². The van der Waals surface area contributed by atoms with Crippen molar-refractivity contribution in [3.63, 3.8) is 0 Å². The maximum absolute atomic E-state index is 12.9. The first-order chi connectivity index (χ1) is 13.0. The van der Waals surface area contributed by atoms with E-state index in [-0.39, 0.29) is 11.7 Å². The number of hydrogen-bond acceptors (Lipinski definition) is 5. The molecule has 0 radical (unpaired) electrons. The number of ether oxygens (including phenoxy) is 1. The molecule has 0 aliphatic carbocycles. The lowest BCUT2D eigenvalue weighted by Gasteiger charge is -2.04. The fraction of sp³-hybridized carbons (Fsp3) is 0.158. The number of benzene rings is 2. The number of hydrogen-bond donors (Lipinski definition) is 1. The third-order valence-corrected chi connectivity index (χ3v) is 5.67. The molecule has 0 saturated heterocycles. The van der Waals surface area contributed by atoms with Gasteiger partial charge in [0.2, 0.25) is 5.91 Å². The topological polar surface area (TPSA) is 51.2 Å². The number of halogens is 2. The Kier molecular flexibility index (Phi) is 6.71. The lowest BCUT2D eigenvalue weighted by Crippen LogP contribution is -2.13. The van der Waals surface area contributed by atoms with Gasteiger partial charge in [0.05, 0.1) is 23.6 Å². The number of thioether (sulfide) groups is 1. The SMILES string of the molecule is COc1ccc(-c2csc(NC(=O)CSCc3ccc(F)cc3)n2)cc1Cl. The van der Waals surface area contributed by atoms with Gasteiger partial charge in [-0.05, 0) is 35.9 Å². The molecule has 0 aliphatic heterocycles. The van der Waals surface area contributed by atoms with Crippen molar-refractivity contribution in [3.8, 4) is 17.0 Å². The normalized spacial score (nSPS) is 10.6. The van der Waals surface area contributed by atoms with Crippen molar-refractivity contribution in [2.75, 3.05) is 18.2 Å². The number of methoxy groups -OCH3 is 1. The lowest BCUT2D eigenvalue weighted by atomic mass is 10.2. The molecule has 4 nitrogen and oxygen atoms in total. The van der Waals surface area contributed by atoms with E-state index in [9.17, 15) is 9.18 Å². The molecule has 0 unspecified atom stereocenters. The fourth-order valence-corrected chi connectivity index (χ4v) is 4.07. The van der Waals surface area contributed by atoms with Crippen LogP contribution in [0.2, 0.25) is 5.02 Å². The maximum Gasteiger partial charge on any atom is 0.236 e. The van der Waals surface area contributed by atoms with Crippen LogP contribution in [0.25, 0.3) is 11.3 Å². The quantitative estimate of drug-likeness (QED) is 0.547. The minimum atomic E-state index is -0.265. The van der Waals surface area contributed by atoms with Crippen LogP contribution in [0, 0.1) is 5.82 Å². The number of anilines is 1. The Morgan fingerprint density at radius 3 is 2.78 bits per heavy atom. The molecule has 1 aromatic heterocycles. The Balaban J connectivity index is 1.53. The summed E-state index contributed by atoms with van der Waals surface area (Å²) in [6.07, 6.45) is 0. The summed E-state index contributed by atoms with van der Waals surface area (Å²) in [6.45, 7) is 0.